The highest BCUT2D eigenvalue weighted by Gasteiger charge is 2.39. The number of imide groups is 1. The van der Waals surface area contributed by atoms with E-state index in [4.69, 9.17) is 0 Å². The van der Waals surface area contributed by atoms with Crippen molar-refractivity contribution in [2.45, 2.75) is 38.8 Å². The first-order chi connectivity index (χ1) is 13.5. The van der Waals surface area contributed by atoms with Gasteiger partial charge in [0.1, 0.15) is 6.04 Å². The second-order valence-corrected chi connectivity index (χ2v) is 7.43. The van der Waals surface area contributed by atoms with Crippen LogP contribution in [0.15, 0.2) is 42.5 Å². The van der Waals surface area contributed by atoms with Crippen molar-refractivity contribution in [3.05, 3.63) is 64.7 Å². The highest BCUT2D eigenvalue weighted by atomic mass is 16.2. The fourth-order valence-electron chi connectivity index (χ4n) is 3.79. The number of anilines is 1. The SMILES string of the molecule is Cc1ccc(CCNc2ccc3c(c2)CN(C2CCC(=O)NC2=O)C3=O)cc1. The van der Waals surface area contributed by atoms with Crippen molar-refractivity contribution in [2.75, 3.05) is 11.9 Å². The summed E-state index contributed by atoms with van der Waals surface area (Å²) in [7, 11) is 0. The van der Waals surface area contributed by atoms with Crippen molar-refractivity contribution >= 4 is 23.4 Å². The minimum Gasteiger partial charge on any atom is -0.385 e. The molecule has 1 fully saturated rings. The average molecular weight is 377 g/mol. The van der Waals surface area contributed by atoms with Gasteiger partial charge in [0, 0.05) is 30.8 Å². The Morgan fingerprint density at radius 3 is 2.64 bits per heavy atom. The molecule has 6 heteroatoms. The summed E-state index contributed by atoms with van der Waals surface area (Å²) in [5, 5.41) is 5.74. The standard InChI is InChI=1S/C22H23N3O3/c1-14-2-4-15(5-3-14)10-11-23-17-6-7-18-16(12-17)13-25(22(18)28)19-8-9-20(26)24-21(19)27/h2-7,12,19,23H,8-11,13H2,1H3,(H,24,26,27). The Morgan fingerprint density at radius 2 is 1.89 bits per heavy atom. The monoisotopic (exact) mass is 377 g/mol. The number of amides is 3. The highest BCUT2D eigenvalue weighted by Crippen LogP contribution is 2.29. The molecule has 6 nitrogen and oxygen atoms in total. The Balaban J connectivity index is 1.40. The molecular weight excluding hydrogens is 354 g/mol. The van der Waals surface area contributed by atoms with Crippen LogP contribution in [0.25, 0.3) is 0 Å². The van der Waals surface area contributed by atoms with E-state index in [1.165, 1.54) is 11.1 Å². The van der Waals surface area contributed by atoms with Gasteiger partial charge >= 0.3 is 0 Å². The number of aryl methyl sites for hydroxylation is 1. The molecule has 0 bridgehead atoms. The number of piperidine rings is 1. The van der Waals surface area contributed by atoms with E-state index in [9.17, 15) is 14.4 Å². The molecule has 144 valence electrons. The van der Waals surface area contributed by atoms with Gasteiger partial charge in [-0.25, -0.2) is 0 Å². The second kappa shape index (κ2) is 7.46. The number of rotatable bonds is 5. The Hall–Kier alpha value is -3.15. The molecule has 1 unspecified atom stereocenters. The van der Waals surface area contributed by atoms with Gasteiger partial charge in [-0.15, -0.1) is 0 Å². The first-order valence-corrected chi connectivity index (χ1v) is 9.58. The number of nitrogens with zero attached hydrogens (tertiary/aromatic N) is 1. The molecule has 2 aliphatic heterocycles. The zero-order chi connectivity index (χ0) is 19.7. The maximum Gasteiger partial charge on any atom is 0.255 e. The molecule has 3 amide bonds. The third kappa shape index (κ3) is 3.63. The van der Waals surface area contributed by atoms with Crippen LogP contribution in [0.3, 0.4) is 0 Å². The predicted molar refractivity (Wildman–Crippen MR) is 106 cm³/mol. The van der Waals surface area contributed by atoms with Gasteiger partial charge in [-0.2, -0.15) is 0 Å². The largest absolute Gasteiger partial charge is 0.385 e. The summed E-state index contributed by atoms with van der Waals surface area (Å²) < 4.78 is 0. The zero-order valence-corrected chi connectivity index (χ0v) is 15.8. The van der Waals surface area contributed by atoms with E-state index >= 15 is 0 Å². The topological polar surface area (TPSA) is 78.5 Å². The number of nitrogens with one attached hydrogen (secondary N) is 2. The fraction of sp³-hybridized carbons (Fsp3) is 0.318. The highest BCUT2D eigenvalue weighted by molar-refractivity contribution is 6.05. The Kier molecular flexibility index (Phi) is 4.86. The Morgan fingerprint density at radius 1 is 1.11 bits per heavy atom. The number of hydrogen-bond donors (Lipinski definition) is 2. The molecule has 2 aliphatic rings. The van der Waals surface area contributed by atoms with Crippen LogP contribution in [0, 0.1) is 6.92 Å². The predicted octanol–water partition coefficient (Wildman–Crippen LogP) is 2.41. The van der Waals surface area contributed by atoms with E-state index in [1.54, 1.807) is 4.90 Å². The lowest BCUT2D eigenvalue weighted by atomic mass is 10.0. The van der Waals surface area contributed by atoms with E-state index in [2.05, 4.69) is 41.8 Å². The third-order valence-electron chi connectivity index (χ3n) is 5.39. The van der Waals surface area contributed by atoms with Crippen LogP contribution < -0.4 is 10.6 Å². The van der Waals surface area contributed by atoms with Gasteiger partial charge < -0.3 is 10.2 Å². The third-order valence-corrected chi connectivity index (χ3v) is 5.39. The van der Waals surface area contributed by atoms with Crippen LogP contribution in [-0.4, -0.2) is 35.2 Å². The minimum atomic E-state index is -0.574. The lowest BCUT2D eigenvalue weighted by Crippen LogP contribution is -2.52. The van der Waals surface area contributed by atoms with Crippen LogP contribution in [0.2, 0.25) is 0 Å². The van der Waals surface area contributed by atoms with Gasteiger partial charge in [-0.05, 0) is 49.1 Å². The molecule has 2 N–H and O–H groups in total. The van der Waals surface area contributed by atoms with Gasteiger partial charge in [0.25, 0.3) is 5.91 Å². The molecule has 0 radical (unpaired) electrons. The van der Waals surface area contributed by atoms with Crippen LogP contribution >= 0.6 is 0 Å². The van der Waals surface area contributed by atoms with E-state index in [0.717, 1.165) is 24.2 Å². The molecule has 4 rings (SSSR count). The van der Waals surface area contributed by atoms with E-state index in [1.807, 2.05) is 18.2 Å². The van der Waals surface area contributed by atoms with Crippen molar-refractivity contribution in [3.63, 3.8) is 0 Å². The smallest absolute Gasteiger partial charge is 0.255 e. The summed E-state index contributed by atoms with van der Waals surface area (Å²) >= 11 is 0. The molecule has 0 saturated carbocycles. The number of carbonyl (C=O) groups is 3. The molecule has 2 heterocycles. The average Bonchev–Trinajstić information content (AvgIpc) is 2.99. The van der Waals surface area contributed by atoms with Crippen molar-refractivity contribution in [1.29, 1.82) is 0 Å². The molecule has 0 spiro atoms. The molecule has 0 aliphatic carbocycles. The maximum atomic E-state index is 12.7. The molecule has 28 heavy (non-hydrogen) atoms. The molecule has 2 aromatic carbocycles. The van der Waals surface area contributed by atoms with Gasteiger partial charge in [-0.1, -0.05) is 29.8 Å². The number of fused-ring (bicyclic) bond motifs is 1. The summed E-state index contributed by atoms with van der Waals surface area (Å²) in [5.41, 5.74) is 5.03. The van der Waals surface area contributed by atoms with Gasteiger partial charge in [0.05, 0.1) is 0 Å². The van der Waals surface area contributed by atoms with Gasteiger partial charge in [0.2, 0.25) is 11.8 Å². The van der Waals surface area contributed by atoms with Crippen molar-refractivity contribution in [1.82, 2.24) is 10.2 Å². The zero-order valence-electron chi connectivity index (χ0n) is 15.8. The van der Waals surface area contributed by atoms with Gasteiger partial charge in [0.15, 0.2) is 0 Å². The second-order valence-electron chi connectivity index (χ2n) is 7.43. The van der Waals surface area contributed by atoms with E-state index < -0.39 is 6.04 Å². The molecule has 1 atom stereocenters. The molecule has 2 aromatic rings. The first kappa shape index (κ1) is 18.2. The van der Waals surface area contributed by atoms with Crippen molar-refractivity contribution in [3.8, 4) is 0 Å². The number of benzene rings is 2. The lowest BCUT2D eigenvalue weighted by Gasteiger charge is -2.29. The maximum absolute atomic E-state index is 12.7. The number of carbonyl (C=O) groups excluding carboxylic acids is 3. The number of hydrogen-bond acceptors (Lipinski definition) is 4. The van der Waals surface area contributed by atoms with Crippen LogP contribution in [-0.2, 0) is 22.6 Å². The normalized spacial score (nSPS) is 18.8. The van der Waals surface area contributed by atoms with Crippen molar-refractivity contribution < 1.29 is 14.4 Å². The fourth-order valence-corrected chi connectivity index (χ4v) is 3.79. The summed E-state index contributed by atoms with van der Waals surface area (Å²) in [5.74, 6) is -0.796. The van der Waals surface area contributed by atoms with E-state index in [-0.39, 0.29) is 24.1 Å². The van der Waals surface area contributed by atoms with Gasteiger partial charge in [-0.3, -0.25) is 19.7 Å². The summed E-state index contributed by atoms with van der Waals surface area (Å²) in [6, 6.07) is 13.6. The van der Waals surface area contributed by atoms with Crippen LogP contribution in [0.5, 0.6) is 0 Å². The Labute approximate surface area is 163 Å². The minimum absolute atomic E-state index is 0.143. The molecule has 0 aromatic heterocycles. The first-order valence-electron chi connectivity index (χ1n) is 9.58. The summed E-state index contributed by atoms with van der Waals surface area (Å²) in [6.45, 7) is 3.27. The van der Waals surface area contributed by atoms with E-state index in [0.29, 0.717) is 18.5 Å². The molecule has 1 saturated heterocycles. The van der Waals surface area contributed by atoms with Crippen molar-refractivity contribution in [2.24, 2.45) is 0 Å². The molecular formula is C22H23N3O3. The van der Waals surface area contributed by atoms with Crippen LogP contribution in [0.1, 0.15) is 39.9 Å². The Bertz CT molecular complexity index is 937. The van der Waals surface area contributed by atoms with Crippen LogP contribution in [0.4, 0.5) is 5.69 Å². The summed E-state index contributed by atoms with van der Waals surface area (Å²) in [6.07, 6.45) is 1.56. The summed E-state index contributed by atoms with van der Waals surface area (Å²) in [4.78, 5) is 37.7. The quantitative estimate of drug-likeness (QED) is 0.785. The lowest BCUT2D eigenvalue weighted by molar-refractivity contribution is -0.136.